The average molecular weight is 446 g/mol. The molecule has 1 unspecified atom stereocenters. The topological polar surface area (TPSA) is 92.4 Å². The van der Waals surface area contributed by atoms with Crippen LogP contribution in [0.4, 0.5) is 0 Å². The van der Waals surface area contributed by atoms with Crippen molar-refractivity contribution in [2.24, 2.45) is 0 Å². The van der Waals surface area contributed by atoms with Gasteiger partial charge >= 0.3 is 5.97 Å². The van der Waals surface area contributed by atoms with Crippen molar-refractivity contribution in [3.05, 3.63) is 82.0 Å². The van der Waals surface area contributed by atoms with E-state index in [1.165, 1.54) is 10.5 Å². The van der Waals surface area contributed by atoms with Gasteiger partial charge in [0.15, 0.2) is 5.03 Å². The van der Waals surface area contributed by atoms with Crippen LogP contribution in [0.5, 0.6) is 0 Å². The number of benzene rings is 2. The second-order valence-corrected chi connectivity index (χ2v) is 9.19. The third-order valence-electron chi connectivity index (χ3n) is 5.11. The third kappa shape index (κ3) is 3.74. The average Bonchev–Trinajstić information content (AvgIpc) is 3.25. The molecule has 1 aliphatic rings. The number of hydrogen-bond donors (Lipinski definition) is 1. The Morgan fingerprint density at radius 2 is 2.00 bits per heavy atom. The zero-order valence-electron chi connectivity index (χ0n) is 16.2. The molecule has 0 bridgehead atoms. The molecule has 30 heavy (non-hydrogen) atoms. The van der Waals surface area contributed by atoms with Gasteiger partial charge < -0.3 is 4.74 Å². The molecule has 0 aliphatic carbocycles. The summed E-state index contributed by atoms with van der Waals surface area (Å²) >= 11 is 6.15. The number of carbonyl (C=O) groups is 1. The van der Waals surface area contributed by atoms with Crippen LogP contribution in [0.15, 0.2) is 59.8 Å². The van der Waals surface area contributed by atoms with Crippen LogP contribution in [0.1, 0.15) is 40.0 Å². The maximum atomic E-state index is 13.7. The van der Waals surface area contributed by atoms with Gasteiger partial charge in [-0.3, -0.25) is 5.10 Å². The molecule has 3 aromatic rings. The normalized spacial score (nSPS) is 16.8. The molecule has 2 heterocycles. The van der Waals surface area contributed by atoms with Crippen molar-refractivity contribution in [2.75, 3.05) is 6.61 Å². The Morgan fingerprint density at radius 1 is 1.23 bits per heavy atom. The van der Waals surface area contributed by atoms with Crippen LogP contribution in [0.2, 0.25) is 5.02 Å². The number of hydrogen-bond acceptors (Lipinski definition) is 5. The van der Waals surface area contributed by atoms with Gasteiger partial charge in [0, 0.05) is 11.6 Å². The number of ether oxygens (including phenoxy) is 1. The molecule has 0 saturated heterocycles. The van der Waals surface area contributed by atoms with E-state index in [0.717, 1.165) is 16.7 Å². The fraction of sp³-hybridized carbons (Fsp3) is 0.238. The molecule has 2 aromatic carbocycles. The molecule has 1 aromatic heterocycles. The van der Waals surface area contributed by atoms with E-state index in [0.29, 0.717) is 11.4 Å². The zero-order valence-corrected chi connectivity index (χ0v) is 17.8. The third-order valence-corrected chi connectivity index (χ3v) is 7.17. The van der Waals surface area contributed by atoms with E-state index in [9.17, 15) is 13.2 Å². The number of fused-ring (bicyclic) bond motifs is 1. The van der Waals surface area contributed by atoms with Crippen molar-refractivity contribution in [1.29, 1.82) is 0 Å². The summed E-state index contributed by atoms with van der Waals surface area (Å²) in [6, 6.07) is 14.5. The predicted molar refractivity (Wildman–Crippen MR) is 112 cm³/mol. The van der Waals surface area contributed by atoms with E-state index >= 15 is 0 Å². The lowest BCUT2D eigenvalue weighted by atomic mass is 9.92. The van der Waals surface area contributed by atoms with Gasteiger partial charge in [-0.2, -0.15) is 9.40 Å². The van der Waals surface area contributed by atoms with Crippen LogP contribution in [-0.4, -0.2) is 35.5 Å². The Bertz CT molecular complexity index is 1180. The predicted octanol–water partition coefficient (Wildman–Crippen LogP) is 3.73. The quantitative estimate of drug-likeness (QED) is 0.604. The first kappa shape index (κ1) is 20.6. The van der Waals surface area contributed by atoms with Gasteiger partial charge in [-0.1, -0.05) is 48.0 Å². The van der Waals surface area contributed by atoms with Gasteiger partial charge in [-0.15, -0.1) is 0 Å². The summed E-state index contributed by atoms with van der Waals surface area (Å²) in [7, 11) is -4.09. The Hall–Kier alpha value is -2.68. The largest absolute Gasteiger partial charge is 0.462 e. The van der Waals surface area contributed by atoms with Crippen LogP contribution in [0.25, 0.3) is 0 Å². The van der Waals surface area contributed by atoms with Crippen LogP contribution in [-0.2, 0) is 27.7 Å². The number of rotatable bonds is 5. The molecule has 156 valence electrons. The van der Waals surface area contributed by atoms with E-state index in [-0.39, 0.29) is 23.7 Å². The minimum atomic E-state index is -4.09. The molecule has 1 N–H and O–H groups in total. The standard InChI is InChI=1S/C21H20ClN3O4S/c1-2-29-21(26)18-12-23-24-20(18)30(27,28)25-13-16-10-17(22)9-8-15(16)11-19(25)14-6-4-3-5-7-14/h3-10,12,19H,2,11,13H2,1H3,(H,23,24). The number of aromatic amines is 1. The summed E-state index contributed by atoms with van der Waals surface area (Å²) in [5.41, 5.74) is 2.62. The van der Waals surface area contributed by atoms with Gasteiger partial charge in [0.05, 0.1) is 18.8 Å². The summed E-state index contributed by atoms with van der Waals surface area (Å²) in [5.74, 6) is -0.735. The lowest BCUT2D eigenvalue weighted by molar-refractivity contribution is 0.0521. The number of nitrogens with zero attached hydrogens (tertiary/aromatic N) is 2. The van der Waals surface area contributed by atoms with E-state index < -0.39 is 22.0 Å². The van der Waals surface area contributed by atoms with Crippen molar-refractivity contribution in [1.82, 2.24) is 14.5 Å². The highest BCUT2D eigenvalue weighted by Gasteiger charge is 2.39. The maximum Gasteiger partial charge on any atom is 0.342 e. The van der Waals surface area contributed by atoms with Gasteiger partial charge in [0.2, 0.25) is 0 Å². The Kier molecular flexibility index (Phi) is 5.64. The molecular formula is C21H20ClN3O4S. The Morgan fingerprint density at radius 3 is 2.73 bits per heavy atom. The first-order valence-electron chi connectivity index (χ1n) is 9.46. The molecule has 4 rings (SSSR count). The summed E-state index contributed by atoms with van der Waals surface area (Å²) in [6.45, 7) is 1.91. The molecule has 1 atom stereocenters. The van der Waals surface area contributed by atoms with Crippen molar-refractivity contribution >= 4 is 27.6 Å². The number of nitrogens with one attached hydrogen (secondary N) is 1. The molecule has 0 saturated carbocycles. The first-order valence-corrected chi connectivity index (χ1v) is 11.3. The molecule has 7 nitrogen and oxygen atoms in total. The molecule has 1 aliphatic heterocycles. The van der Waals surface area contributed by atoms with Gasteiger partial charge in [0.1, 0.15) is 5.56 Å². The van der Waals surface area contributed by atoms with E-state index in [4.69, 9.17) is 16.3 Å². The van der Waals surface area contributed by atoms with Crippen LogP contribution in [0, 0.1) is 0 Å². The summed E-state index contributed by atoms with van der Waals surface area (Å²) in [4.78, 5) is 12.3. The molecule has 0 fully saturated rings. The van der Waals surface area contributed by atoms with Gasteiger partial charge in [-0.25, -0.2) is 13.2 Å². The number of sulfonamides is 1. The Labute approximate surface area is 179 Å². The maximum absolute atomic E-state index is 13.7. The molecule has 0 spiro atoms. The SMILES string of the molecule is CCOC(=O)c1cn[nH]c1S(=O)(=O)N1Cc2cc(Cl)ccc2CC1c1ccccc1. The highest BCUT2D eigenvalue weighted by atomic mass is 35.5. The highest BCUT2D eigenvalue weighted by molar-refractivity contribution is 7.89. The smallest absolute Gasteiger partial charge is 0.342 e. The second kappa shape index (κ2) is 8.22. The second-order valence-electron chi connectivity index (χ2n) is 6.93. The van der Waals surface area contributed by atoms with E-state index in [1.54, 1.807) is 19.1 Å². The monoisotopic (exact) mass is 445 g/mol. The molecule has 0 amide bonds. The first-order chi connectivity index (χ1) is 14.4. The number of halogens is 1. The minimum absolute atomic E-state index is 0.111. The van der Waals surface area contributed by atoms with Crippen molar-refractivity contribution in [3.63, 3.8) is 0 Å². The molecule has 0 radical (unpaired) electrons. The number of carbonyl (C=O) groups excluding carboxylic acids is 1. The summed E-state index contributed by atoms with van der Waals surface area (Å²) in [5, 5.41) is 6.54. The summed E-state index contributed by atoms with van der Waals surface area (Å²) < 4.78 is 33.7. The van der Waals surface area contributed by atoms with Crippen molar-refractivity contribution in [3.8, 4) is 0 Å². The lowest BCUT2D eigenvalue weighted by Crippen LogP contribution is -2.39. The van der Waals surface area contributed by atoms with E-state index in [2.05, 4.69) is 10.2 Å². The van der Waals surface area contributed by atoms with Crippen LogP contribution < -0.4 is 0 Å². The van der Waals surface area contributed by atoms with Crippen LogP contribution >= 0.6 is 11.6 Å². The summed E-state index contributed by atoms with van der Waals surface area (Å²) in [6.07, 6.45) is 1.66. The van der Waals surface area contributed by atoms with Gasteiger partial charge in [-0.05, 0) is 42.2 Å². The fourth-order valence-corrected chi connectivity index (χ4v) is 5.53. The number of aromatic nitrogens is 2. The lowest BCUT2D eigenvalue weighted by Gasteiger charge is -2.36. The number of H-pyrrole nitrogens is 1. The van der Waals surface area contributed by atoms with Crippen molar-refractivity contribution < 1.29 is 17.9 Å². The van der Waals surface area contributed by atoms with Crippen molar-refractivity contribution in [2.45, 2.75) is 31.0 Å². The van der Waals surface area contributed by atoms with Crippen LogP contribution in [0.3, 0.4) is 0 Å². The molecular weight excluding hydrogens is 426 g/mol. The van der Waals surface area contributed by atoms with E-state index in [1.807, 2.05) is 36.4 Å². The highest BCUT2D eigenvalue weighted by Crippen LogP contribution is 2.38. The zero-order chi connectivity index (χ0) is 21.3. The number of esters is 1. The molecule has 9 heteroatoms. The Balaban J connectivity index is 1.82. The van der Waals surface area contributed by atoms with Gasteiger partial charge in [0.25, 0.3) is 10.0 Å². The fourth-order valence-electron chi connectivity index (χ4n) is 3.68. The minimum Gasteiger partial charge on any atom is -0.462 e.